The van der Waals surface area contributed by atoms with Crippen molar-refractivity contribution in [2.24, 2.45) is 5.92 Å². The van der Waals surface area contributed by atoms with E-state index in [-0.39, 0.29) is 35.9 Å². The van der Waals surface area contributed by atoms with Gasteiger partial charge in [-0.3, -0.25) is 9.59 Å². The molecule has 3 rings (SSSR count). The first-order chi connectivity index (χ1) is 13.0. The molecule has 11 heteroatoms. The van der Waals surface area contributed by atoms with E-state index in [2.05, 4.69) is 5.32 Å². The highest BCUT2D eigenvalue weighted by atomic mass is 32.2. The van der Waals surface area contributed by atoms with E-state index in [0.29, 0.717) is 12.5 Å². The minimum atomic E-state index is -4.77. The Morgan fingerprint density at radius 1 is 1.29 bits per heavy atom. The summed E-state index contributed by atoms with van der Waals surface area (Å²) < 4.78 is 75.3. The van der Waals surface area contributed by atoms with E-state index in [1.165, 1.54) is 4.90 Å². The summed E-state index contributed by atoms with van der Waals surface area (Å²) in [5, 5.41) is 2.36. The smallest absolute Gasteiger partial charge is 0.352 e. The Hall–Kier alpha value is -2.17. The molecule has 28 heavy (non-hydrogen) atoms. The number of sulfone groups is 1. The van der Waals surface area contributed by atoms with Crippen molar-refractivity contribution in [2.45, 2.75) is 31.6 Å². The SMILES string of the molecule is O=C(NCc1ccc(F)cc1C(F)(F)F)[C@@H]1CC(=O)N([C@H]2CCS(=O)(=O)C2)C1. The van der Waals surface area contributed by atoms with Gasteiger partial charge in [0, 0.05) is 25.6 Å². The molecule has 154 valence electrons. The number of hydrogen-bond acceptors (Lipinski definition) is 4. The van der Waals surface area contributed by atoms with Crippen LogP contribution in [0, 0.1) is 11.7 Å². The first-order valence-corrected chi connectivity index (χ1v) is 10.4. The van der Waals surface area contributed by atoms with Crippen LogP contribution in [0.25, 0.3) is 0 Å². The van der Waals surface area contributed by atoms with Gasteiger partial charge in [0.25, 0.3) is 0 Å². The summed E-state index contributed by atoms with van der Waals surface area (Å²) in [6.07, 6.45) is -4.58. The van der Waals surface area contributed by atoms with Crippen LogP contribution in [0.5, 0.6) is 0 Å². The van der Waals surface area contributed by atoms with E-state index in [1.54, 1.807) is 0 Å². The molecule has 2 heterocycles. The number of halogens is 4. The van der Waals surface area contributed by atoms with Gasteiger partial charge in [0.1, 0.15) is 5.82 Å². The fraction of sp³-hybridized carbons (Fsp3) is 0.529. The highest BCUT2D eigenvalue weighted by Gasteiger charge is 2.42. The molecule has 2 saturated heterocycles. The predicted molar refractivity (Wildman–Crippen MR) is 90.1 cm³/mol. The summed E-state index contributed by atoms with van der Waals surface area (Å²) in [5.74, 6) is -2.91. The lowest BCUT2D eigenvalue weighted by Gasteiger charge is -2.23. The number of hydrogen-bond donors (Lipinski definition) is 1. The lowest BCUT2D eigenvalue weighted by atomic mass is 10.1. The zero-order valence-electron chi connectivity index (χ0n) is 14.6. The van der Waals surface area contributed by atoms with E-state index in [4.69, 9.17) is 0 Å². The molecule has 0 saturated carbocycles. The fourth-order valence-electron chi connectivity index (χ4n) is 3.57. The number of amides is 2. The van der Waals surface area contributed by atoms with Gasteiger partial charge in [-0.05, 0) is 24.1 Å². The molecule has 1 aromatic rings. The maximum Gasteiger partial charge on any atom is 0.416 e. The third-order valence-electron chi connectivity index (χ3n) is 5.01. The van der Waals surface area contributed by atoms with Crippen LogP contribution in [0.4, 0.5) is 17.6 Å². The first kappa shape index (κ1) is 20.6. The van der Waals surface area contributed by atoms with Gasteiger partial charge in [-0.15, -0.1) is 0 Å². The number of benzene rings is 1. The summed E-state index contributed by atoms with van der Waals surface area (Å²) in [7, 11) is -3.19. The van der Waals surface area contributed by atoms with Crippen LogP contribution in [-0.4, -0.2) is 49.2 Å². The third kappa shape index (κ3) is 4.45. The van der Waals surface area contributed by atoms with E-state index in [9.17, 15) is 35.6 Å². The molecule has 0 unspecified atom stereocenters. The monoisotopic (exact) mass is 422 g/mol. The Balaban J connectivity index is 1.63. The molecule has 0 spiro atoms. The van der Waals surface area contributed by atoms with Crippen LogP contribution >= 0.6 is 0 Å². The van der Waals surface area contributed by atoms with Crippen LogP contribution in [0.2, 0.25) is 0 Å². The second-order valence-electron chi connectivity index (χ2n) is 7.02. The molecule has 2 atom stereocenters. The second kappa shape index (κ2) is 7.34. The summed E-state index contributed by atoms with van der Waals surface area (Å²) in [6, 6.07) is 1.72. The summed E-state index contributed by atoms with van der Waals surface area (Å²) in [5.41, 5.74) is -1.46. The number of nitrogens with one attached hydrogen (secondary N) is 1. The van der Waals surface area contributed by atoms with Gasteiger partial charge in [-0.2, -0.15) is 13.2 Å². The molecule has 2 aliphatic heterocycles. The maximum atomic E-state index is 13.1. The molecular formula is C17H18F4N2O4S. The Kier molecular flexibility index (Phi) is 5.39. The molecule has 0 aromatic heterocycles. The number of carbonyl (C=O) groups is 2. The van der Waals surface area contributed by atoms with Crippen molar-refractivity contribution in [3.05, 3.63) is 35.1 Å². The van der Waals surface area contributed by atoms with Gasteiger partial charge < -0.3 is 10.2 Å². The molecule has 1 N–H and O–H groups in total. The topological polar surface area (TPSA) is 83.6 Å². The molecule has 0 bridgehead atoms. The maximum absolute atomic E-state index is 13.1. The summed E-state index contributed by atoms with van der Waals surface area (Å²) in [4.78, 5) is 25.8. The van der Waals surface area contributed by atoms with Crippen LogP contribution in [0.3, 0.4) is 0 Å². The van der Waals surface area contributed by atoms with Crippen LogP contribution in [0.15, 0.2) is 18.2 Å². The largest absolute Gasteiger partial charge is 0.416 e. The van der Waals surface area contributed by atoms with E-state index < -0.39 is 51.8 Å². The van der Waals surface area contributed by atoms with Gasteiger partial charge in [0.05, 0.1) is 23.0 Å². The Labute approximate surface area is 158 Å². The van der Waals surface area contributed by atoms with Crippen molar-refractivity contribution in [3.63, 3.8) is 0 Å². The van der Waals surface area contributed by atoms with Gasteiger partial charge in [-0.1, -0.05) is 6.07 Å². The van der Waals surface area contributed by atoms with Gasteiger partial charge in [0.2, 0.25) is 11.8 Å². The Bertz CT molecular complexity index is 901. The number of likely N-dealkylation sites (tertiary alicyclic amines) is 1. The van der Waals surface area contributed by atoms with Crippen molar-refractivity contribution in [1.82, 2.24) is 10.2 Å². The first-order valence-electron chi connectivity index (χ1n) is 8.59. The third-order valence-corrected chi connectivity index (χ3v) is 6.76. The molecule has 2 amide bonds. The second-order valence-corrected chi connectivity index (χ2v) is 9.25. The number of alkyl halides is 3. The molecule has 2 aliphatic rings. The lowest BCUT2D eigenvalue weighted by molar-refractivity contribution is -0.138. The van der Waals surface area contributed by atoms with Gasteiger partial charge in [0.15, 0.2) is 9.84 Å². The number of nitrogens with zero attached hydrogens (tertiary/aromatic N) is 1. The van der Waals surface area contributed by atoms with Crippen molar-refractivity contribution >= 4 is 21.7 Å². The van der Waals surface area contributed by atoms with Gasteiger partial charge in [-0.25, -0.2) is 12.8 Å². The molecular weight excluding hydrogens is 404 g/mol. The average molecular weight is 422 g/mol. The highest BCUT2D eigenvalue weighted by molar-refractivity contribution is 7.91. The van der Waals surface area contributed by atoms with Crippen molar-refractivity contribution in [3.8, 4) is 0 Å². The number of rotatable bonds is 4. The van der Waals surface area contributed by atoms with Crippen molar-refractivity contribution < 1.29 is 35.6 Å². The van der Waals surface area contributed by atoms with Crippen LogP contribution in [0.1, 0.15) is 24.0 Å². The predicted octanol–water partition coefficient (Wildman–Crippen LogP) is 1.50. The van der Waals surface area contributed by atoms with Crippen LogP contribution in [-0.2, 0) is 32.1 Å². The average Bonchev–Trinajstić information content (AvgIpc) is 3.14. The van der Waals surface area contributed by atoms with E-state index in [0.717, 1.165) is 12.1 Å². The minimum absolute atomic E-state index is 0.0108. The standard InChI is InChI=1S/C17H18F4N2O4S/c18-12-2-1-10(14(6-12)17(19,20)21)7-22-16(25)11-5-15(24)23(8-11)13-3-4-28(26,27)9-13/h1-2,6,11,13H,3-5,7-9H2,(H,22,25)/t11-,13+/m1/s1. The molecule has 0 aliphatic carbocycles. The molecule has 0 radical (unpaired) electrons. The Morgan fingerprint density at radius 3 is 2.61 bits per heavy atom. The van der Waals surface area contributed by atoms with E-state index in [1.807, 2.05) is 0 Å². The van der Waals surface area contributed by atoms with Crippen molar-refractivity contribution in [1.29, 1.82) is 0 Å². The lowest BCUT2D eigenvalue weighted by Crippen LogP contribution is -2.39. The fourth-order valence-corrected chi connectivity index (χ4v) is 5.31. The zero-order chi connectivity index (χ0) is 20.7. The zero-order valence-corrected chi connectivity index (χ0v) is 15.4. The molecule has 2 fully saturated rings. The van der Waals surface area contributed by atoms with Gasteiger partial charge >= 0.3 is 6.18 Å². The number of carbonyl (C=O) groups excluding carboxylic acids is 2. The Morgan fingerprint density at radius 2 is 2.00 bits per heavy atom. The minimum Gasteiger partial charge on any atom is -0.352 e. The highest BCUT2D eigenvalue weighted by Crippen LogP contribution is 2.32. The summed E-state index contributed by atoms with van der Waals surface area (Å²) in [6.45, 7) is -0.434. The van der Waals surface area contributed by atoms with Crippen molar-refractivity contribution in [2.75, 3.05) is 18.1 Å². The molecule has 6 nitrogen and oxygen atoms in total. The quantitative estimate of drug-likeness (QED) is 0.746. The molecule has 1 aromatic carbocycles. The normalized spacial score (nSPS) is 24.6. The van der Waals surface area contributed by atoms with E-state index >= 15 is 0 Å². The van der Waals surface area contributed by atoms with Crippen LogP contribution < -0.4 is 5.32 Å². The summed E-state index contributed by atoms with van der Waals surface area (Å²) >= 11 is 0.